The third-order valence-corrected chi connectivity index (χ3v) is 2.55. The molecule has 0 saturated heterocycles. The van der Waals surface area contributed by atoms with Crippen molar-refractivity contribution in [3.63, 3.8) is 0 Å². The lowest BCUT2D eigenvalue weighted by Gasteiger charge is -2.02. The van der Waals surface area contributed by atoms with Gasteiger partial charge < -0.3 is 5.11 Å². The number of nitro benzene ring substituents is 1. The van der Waals surface area contributed by atoms with Gasteiger partial charge in [0.25, 0.3) is 0 Å². The zero-order valence-corrected chi connectivity index (χ0v) is 10.8. The minimum atomic E-state index is -0.718. The van der Waals surface area contributed by atoms with E-state index in [1.165, 1.54) is 12.3 Å². The molecule has 0 spiro atoms. The summed E-state index contributed by atoms with van der Waals surface area (Å²) < 4.78 is 0. The van der Waals surface area contributed by atoms with Crippen LogP contribution in [0.4, 0.5) is 11.5 Å². The highest BCUT2D eigenvalue weighted by Crippen LogP contribution is 2.32. The number of nitrogens with zero attached hydrogens (tertiary/aromatic N) is 3. The number of nitrogens with one attached hydrogen (secondary N) is 1. The fraction of sp³-hybridized carbons (Fsp3) is 0. The van der Waals surface area contributed by atoms with E-state index in [9.17, 15) is 15.2 Å². The first-order valence-corrected chi connectivity index (χ1v) is 5.82. The third kappa shape index (κ3) is 3.21. The number of rotatable bonds is 4. The largest absolute Gasteiger partial charge is 0.502 e. The zero-order valence-electron chi connectivity index (χ0n) is 10.0. The highest BCUT2D eigenvalue weighted by molar-refractivity contribution is 6.31. The molecule has 0 radical (unpaired) electrons. The smallest absolute Gasteiger partial charge is 0.312 e. The Hall–Kier alpha value is -2.67. The van der Waals surface area contributed by atoms with Gasteiger partial charge in [-0.3, -0.25) is 15.5 Å². The maximum absolute atomic E-state index is 10.7. The number of hydrogen-bond acceptors (Lipinski definition) is 6. The summed E-state index contributed by atoms with van der Waals surface area (Å²) in [6, 6.07) is 7.65. The van der Waals surface area contributed by atoms with Gasteiger partial charge in [0.1, 0.15) is 5.82 Å². The molecule has 0 unspecified atom stereocenters. The van der Waals surface area contributed by atoms with Crippen LogP contribution in [0, 0.1) is 10.1 Å². The lowest BCUT2D eigenvalue weighted by atomic mass is 10.2. The molecular formula is C12H9ClN4O3. The summed E-state index contributed by atoms with van der Waals surface area (Å²) in [6.45, 7) is 0. The van der Waals surface area contributed by atoms with Gasteiger partial charge in [-0.2, -0.15) is 5.10 Å². The molecule has 0 bridgehead atoms. The summed E-state index contributed by atoms with van der Waals surface area (Å²) in [5.41, 5.74) is 2.28. The monoisotopic (exact) mass is 292 g/mol. The number of nitro groups is 1. The first-order chi connectivity index (χ1) is 9.58. The van der Waals surface area contributed by atoms with E-state index >= 15 is 0 Å². The molecule has 2 aromatic rings. The summed E-state index contributed by atoms with van der Waals surface area (Å²) in [7, 11) is 0. The molecule has 2 N–H and O–H groups in total. The van der Waals surface area contributed by atoms with Crippen molar-refractivity contribution in [2.45, 2.75) is 0 Å². The summed E-state index contributed by atoms with van der Waals surface area (Å²) >= 11 is 5.75. The van der Waals surface area contributed by atoms with E-state index in [-0.39, 0.29) is 10.6 Å². The van der Waals surface area contributed by atoms with E-state index in [0.717, 1.165) is 6.07 Å². The molecule has 0 saturated carbocycles. The zero-order chi connectivity index (χ0) is 14.5. The molecule has 1 aromatic carbocycles. The molecule has 1 heterocycles. The molecule has 0 amide bonds. The van der Waals surface area contributed by atoms with E-state index in [1.807, 2.05) is 0 Å². The van der Waals surface area contributed by atoms with Gasteiger partial charge in [-0.25, -0.2) is 4.98 Å². The van der Waals surface area contributed by atoms with E-state index in [1.54, 1.807) is 24.4 Å². The standard InChI is InChI=1S/C12H9ClN4O3/c13-9-5-8(12(18)10(6-9)17(19)20)7-15-16-11-3-1-2-4-14-11/h1-7,18H,(H,14,16). The molecule has 1 aromatic heterocycles. The van der Waals surface area contributed by atoms with Crippen LogP contribution in [0.1, 0.15) is 5.56 Å². The summed E-state index contributed by atoms with van der Waals surface area (Å²) in [6.07, 6.45) is 2.81. The minimum Gasteiger partial charge on any atom is -0.502 e. The van der Waals surface area contributed by atoms with Crippen molar-refractivity contribution in [3.8, 4) is 5.75 Å². The molecule has 0 aliphatic heterocycles. The second-order valence-electron chi connectivity index (χ2n) is 3.70. The van der Waals surface area contributed by atoms with Crippen molar-refractivity contribution in [1.29, 1.82) is 0 Å². The molecule has 20 heavy (non-hydrogen) atoms. The number of benzene rings is 1. The molecular weight excluding hydrogens is 284 g/mol. The fourth-order valence-corrected chi connectivity index (χ4v) is 1.66. The SMILES string of the molecule is O=[N+]([O-])c1cc(Cl)cc(C=NNc2ccccn2)c1O. The number of phenols is 1. The van der Waals surface area contributed by atoms with Crippen molar-refractivity contribution in [3.05, 3.63) is 57.2 Å². The normalized spacial score (nSPS) is 10.7. The molecule has 0 atom stereocenters. The van der Waals surface area contributed by atoms with E-state index in [0.29, 0.717) is 5.82 Å². The van der Waals surface area contributed by atoms with Crippen LogP contribution in [0.2, 0.25) is 5.02 Å². The number of pyridine rings is 1. The number of aromatic nitrogens is 1. The van der Waals surface area contributed by atoms with Crippen molar-refractivity contribution in [2.24, 2.45) is 5.10 Å². The number of aromatic hydroxyl groups is 1. The Morgan fingerprint density at radius 1 is 1.45 bits per heavy atom. The van der Waals surface area contributed by atoms with Gasteiger partial charge in [0.15, 0.2) is 0 Å². The van der Waals surface area contributed by atoms with Crippen molar-refractivity contribution in [1.82, 2.24) is 4.98 Å². The number of halogens is 1. The molecule has 0 aliphatic carbocycles. The average molecular weight is 293 g/mol. The van der Waals surface area contributed by atoms with Crippen molar-refractivity contribution >= 4 is 29.3 Å². The van der Waals surface area contributed by atoms with Gasteiger partial charge in [0.2, 0.25) is 5.75 Å². The number of anilines is 1. The van der Waals surface area contributed by atoms with Gasteiger partial charge >= 0.3 is 5.69 Å². The Morgan fingerprint density at radius 3 is 2.90 bits per heavy atom. The van der Waals surface area contributed by atoms with Crippen LogP contribution in [0.5, 0.6) is 5.75 Å². The first-order valence-electron chi connectivity index (χ1n) is 5.45. The average Bonchev–Trinajstić information content (AvgIpc) is 2.43. The lowest BCUT2D eigenvalue weighted by molar-refractivity contribution is -0.385. The van der Waals surface area contributed by atoms with Gasteiger partial charge in [0, 0.05) is 22.8 Å². The van der Waals surface area contributed by atoms with Crippen LogP contribution in [0.15, 0.2) is 41.6 Å². The number of hydrogen-bond donors (Lipinski definition) is 2. The number of hydrazone groups is 1. The van der Waals surface area contributed by atoms with Crippen LogP contribution in [0.25, 0.3) is 0 Å². The van der Waals surface area contributed by atoms with Gasteiger partial charge in [-0.05, 0) is 18.2 Å². The molecule has 8 heteroatoms. The Balaban J connectivity index is 2.23. The van der Waals surface area contributed by atoms with E-state index in [4.69, 9.17) is 11.6 Å². The summed E-state index contributed by atoms with van der Waals surface area (Å²) in [5.74, 6) is 0.00531. The Kier molecular flexibility index (Phi) is 4.11. The fourth-order valence-electron chi connectivity index (χ4n) is 1.44. The molecule has 102 valence electrons. The van der Waals surface area contributed by atoms with Crippen molar-refractivity contribution in [2.75, 3.05) is 5.43 Å². The quantitative estimate of drug-likeness (QED) is 0.512. The molecule has 7 nitrogen and oxygen atoms in total. The predicted molar refractivity (Wildman–Crippen MR) is 75.2 cm³/mol. The van der Waals surface area contributed by atoms with Crippen LogP contribution in [0.3, 0.4) is 0 Å². The third-order valence-electron chi connectivity index (χ3n) is 2.33. The minimum absolute atomic E-state index is 0.132. The summed E-state index contributed by atoms with van der Waals surface area (Å²) in [4.78, 5) is 14.0. The topological polar surface area (TPSA) is 101 Å². The maximum Gasteiger partial charge on any atom is 0.312 e. The van der Waals surface area contributed by atoms with Crippen LogP contribution in [-0.4, -0.2) is 21.2 Å². The Labute approximate surface area is 118 Å². The second kappa shape index (κ2) is 5.98. The van der Waals surface area contributed by atoms with Crippen molar-refractivity contribution < 1.29 is 10.0 Å². The predicted octanol–water partition coefficient (Wildman–Crippen LogP) is 2.79. The van der Waals surface area contributed by atoms with Crippen LogP contribution < -0.4 is 5.43 Å². The lowest BCUT2D eigenvalue weighted by Crippen LogP contribution is -1.95. The summed E-state index contributed by atoms with van der Waals surface area (Å²) in [5, 5.41) is 24.5. The Bertz CT molecular complexity index is 661. The second-order valence-corrected chi connectivity index (χ2v) is 4.14. The van der Waals surface area contributed by atoms with Gasteiger partial charge in [0.05, 0.1) is 11.1 Å². The highest BCUT2D eigenvalue weighted by atomic mass is 35.5. The first kappa shape index (κ1) is 13.8. The van der Waals surface area contributed by atoms with E-state index < -0.39 is 16.4 Å². The molecule has 2 rings (SSSR count). The van der Waals surface area contributed by atoms with Crippen LogP contribution in [-0.2, 0) is 0 Å². The highest BCUT2D eigenvalue weighted by Gasteiger charge is 2.17. The molecule has 0 aliphatic rings. The van der Waals surface area contributed by atoms with Gasteiger partial charge in [-0.15, -0.1) is 0 Å². The Morgan fingerprint density at radius 2 is 2.25 bits per heavy atom. The number of phenolic OH excluding ortho intramolecular Hbond substituents is 1. The van der Waals surface area contributed by atoms with Gasteiger partial charge in [-0.1, -0.05) is 17.7 Å². The molecule has 0 fully saturated rings. The van der Waals surface area contributed by atoms with E-state index in [2.05, 4.69) is 15.5 Å². The van der Waals surface area contributed by atoms with Crippen LogP contribution >= 0.6 is 11.6 Å². The maximum atomic E-state index is 10.7.